The summed E-state index contributed by atoms with van der Waals surface area (Å²) in [5.41, 5.74) is 1.43. The van der Waals surface area contributed by atoms with Crippen molar-refractivity contribution in [3.05, 3.63) is 64.4 Å². The van der Waals surface area contributed by atoms with Crippen LogP contribution in [0.25, 0.3) is 0 Å². The van der Waals surface area contributed by atoms with Gasteiger partial charge in [-0.3, -0.25) is 14.6 Å². The van der Waals surface area contributed by atoms with Gasteiger partial charge in [-0.1, -0.05) is 35.8 Å². The van der Waals surface area contributed by atoms with Crippen LogP contribution in [0.3, 0.4) is 0 Å². The molecule has 1 atom stereocenters. The number of rotatable bonds is 6. The van der Waals surface area contributed by atoms with E-state index in [0.29, 0.717) is 12.1 Å². The fraction of sp³-hybridized carbons (Fsp3) is 0.278. The zero-order valence-electron chi connectivity index (χ0n) is 13.6. The van der Waals surface area contributed by atoms with Gasteiger partial charge in [-0.2, -0.15) is 0 Å². The number of halogens is 1. The molecule has 0 aliphatic carbocycles. The van der Waals surface area contributed by atoms with Gasteiger partial charge in [-0.05, 0) is 41.8 Å². The fourth-order valence-corrected chi connectivity index (χ4v) is 2.43. The average Bonchev–Trinajstić information content (AvgIpc) is 2.58. The largest absolute Gasteiger partial charge is 0.350 e. The second-order valence-electron chi connectivity index (χ2n) is 5.78. The first-order chi connectivity index (χ1) is 11.5. The van der Waals surface area contributed by atoms with Crippen LogP contribution in [0, 0.1) is 5.92 Å². The molecule has 2 amide bonds. The summed E-state index contributed by atoms with van der Waals surface area (Å²) in [5.74, 6) is -0.504. The van der Waals surface area contributed by atoms with E-state index in [1.165, 1.54) is 0 Å². The maximum absolute atomic E-state index is 12.4. The zero-order valence-corrected chi connectivity index (χ0v) is 15.2. The molecule has 0 aliphatic rings. The zero-order chi connectivity index (χ0) is 17.5. The minimum absolute atomic E-state index is 0.0294. The van der Waals surface area contributed by atoms with E-state index in [2.05, 4.69) is 31.5 Å². The summed E-state index contributed by atoms with van der Waals surface area (Å²) >= 11 is 3.33. The predicted octanol–water partition coefficient (Wildman–Crippen LogP) is 2.91. The highest BCUT2D eigenvalue weighted by molar-refractivity contribution is 9.10. The van der Waals surface area contributed by atoms with Gasteiger partial charge in [0.1, 0.15) is 6.04 Å². The summed E-state index contributed by atoms with van der Waals surface area (Å²) in [4.78, 5) is 28.8. The first-order valence-electron chi connectivity index (χ1n) is 7.70. The number of amides is 2. The second kappa shape index (κ2) is 8.59. The molecule has 2 rings (SSSR count). The monoisotopic (exact) mass is 389 g/mol. The maximum atomic E-state index is 12.4. The Hall–Kier alpha value is -2.21. The lowest BCUT2D eigenvalue weighted by molar-refractivity contribution is -0.124. The van der Waals surface area contributed by atoms with Crippen LogP contribution in [0.4, 0.5) is 0 Å². The number of aromatic nitrogens is 1. The number of benzene rings is 1. The minimum atomic E-state index is -0.599. The number of nitrogens with zero attached hydrogens (tertiary/aromatic N) is 1. The molecule has 6 heteroatoms. The van der Waals surface area contributed by atoms with Gasteiger partial charge >= 0.3 is 0 Å². The van der Waals surface area contributed by atoms with Crippen molar-refractivity contribution in [3.8, 4) is 0 Å². The molecule has 1 aromatic carbocycles. The van der Waals surface area contributed by atoms with Gasteiger partial charge in [-0.15, -0.1) is 0 Å². The molecule has 126 valence electrons. The highest BCUT2D eigenvalue weighted by atomic mass is 79.9. The second-order valence-corrected chi connectivity index (χ2v) is 6.70. The Balaban J connectivity index is 1.99. The molecule has 0 fully saturated rings. The van der Waals surface area contributed by atoms with Gasteiger partial charge in [0, 0.05) is 29.0 Å². The number of carbonyl (C=O) groups is 2. The molecule has 0 spiro atoms. The lowest BCUT2D eigenvalue weighted by atomic mass is 10.0. The third-order valence-corrected chi connectivity index (χ3v) is 4.06. The lowest BCUT2D eigenvalue weighted by Gasteiger charge is -2.21. The Kier molecular flexibility index (Phi) is 6.49. The highest BCUT2D eigenvalue weighted by Gasteiger charge is 2.24. The summed E-state index contributed by atoms with van der Waals surface area (Å²) < 4.78 is 0.897. The first kappa shape index (κ1) is 18.1. The summed E-state index contributed by atoms with van der Waals surface area (Å²) in [7, 11) is 0. The van der Waals surface area contributed by atoms with Gasteiger partial charge in [0.25, 0.3) is 5.91 Å². The lowest BCUT2D eigenvalue weighted by Crippen LogP contribution is -2.49. The van der Waals surface area contributed by atoms with Gasteiger partial charge in [0.15, 0.2) is 0 Å². The third-order valence-electron chi connectivity index (χ3n) is 3.53. The number of pyridine rings is 1. The van der Waals surface area contributed by atoms with Crippen LogP contribution in [-0.4, -0.2) is 22.8 Å². The topological polar surface area (TPSA) is 71.1 Å². The maximum Gasteiger partial charge on any atom is 0.251 e. The Morgan fingerprint density at radius 3 is 2.46 bits per heavy atom. The standard InChI is InChI=1S/C18H20BrN3O2/c1-12(2)16(18(24)21-11-13-4-3-9-20-10-13)22-17(23)14-5-7-15(19)8-6-14/h3-10,12,16H,11H2,1-2H3,(H,21,24)(H,22,23)/t16-/m0/s1. The molecule has 0 saturated heterocycles. The van der Waals surface area contributed by atoms with E-state index in [0.717, 1.165) is 10.0 Å². The van der Waals surface area contributed by atoms with E-state index in [-0.39, 0.29) is 17.7 Å². The van der Waals surface area contributed by atoms with E-state index in [1.54, 1.807) is 36.7 Å². The fourth-order valence-electron chi connectivity index (χ4n) is 2.16. The Morgan fingerprint density at radius 2 is 1.88 bits per heavy atom. The number of carbonyl (C=O) groups excluding carboxylic acids is 2. The van der Waals surface area contributed by atoms with Crippen LogP contribution in [0.15, 0.2) is 53.3 Å². The number of nitrogens with one attached hydrogen (secondary N) is 2. The first-order valence-corrected chi connectivity index (χ1v) is 8.49. The summed E-state index contributed by atoms with van der Waals surface area (Å²) in [6.45, 7) is 4.18. The molecule has 0 aliphatic heterocycles. The van der Waals surface area contributed by atoms with Gasteiger partial charge in [0.2, 0.25) is 5.91 Å². The molecular formula is C18H20BrN3O2. The predicted molar refractivity (Wildman–Crippen MR) is 96.3 cm³/mol. The normalized spacial score (nSPS) is 11.8. The molecule has 0 saturated carbocycles. The van der Waals surface area contributed by atoms with Crippen LogP contribution < -0.4 is 10.6 Å². The Morgan fingerprint density at radius 1 is 1.17 bits per heavy atom. The van der Waals surface area contributed by atoms with Crippen LogP contribution in [0.1, 0.15) is 29.8 Å². The van der Waals surface area contributed by atoms with E-state index in [1.807, 2.05) is 26.0 Å². The van der Waals surface area contributed by atoms with Crippen LogP contribution in [-0.2, 0) is 11.3 Å². The Bertz CT molecular complexity index is 687. The summed E-state index contributed by atoms with van der Waals surface area (Å²) in [6, 6.07) is 10.1. The quantitative estimate of drug-likeness (QED) is 0.797. The molecule has 5 nitrogen and oxygen atoms in total. The number of hydrogen-bond acceptors (Lipinski definition) is 3. The van der Waals surface area contributed by atoms with Crippen molar-refractivity contribution in [1.82, 2.24) is 15.6 Å². The minimum Gasteiger partial charge on any atom is -0.350 e. The van der Waals surface area contributed by atoms with Crippen molar-refractivity contribution < 1.29 is 9.59 Å². The van der Waals surface area contributed by atoms with Crippen molar-refractivity contribution >= 4 is 27.7 Å². The van der Waals surface area contributed by atoms with Gasteiger partial charge < -0.3 is 10.6 Å². The molecule has 1 heterocycles. The van der Waals surface area contributed by atoms with E-state index in [9.17, 15) is 9.59 Å². The number of hydrogen-bond donors (Lipinski definition) is 2. The van der Waals surface area contributed by atoms with Crippen LogP contribution in [0.5, 0.6) is 0 Å². The van der Waals surface area contributed by atoms with Gasteiger partial charge in [-0.25, -0.2) is 0 Å². The molecule has 2 aromatic rings. The Labute approximate surface area is 150 Å². The molecule has 0 bridgehead atoms. The van der Waals surface area contributed by atoms with E-state index >= 15 is 0 Å². The van der Waals surface area contributed by atoms with Crippen molar-refractivity contribution in [1.29, 1.82) is 0 Å². The van der Waals surface area contributed by atoms with E-state index < -0.39 is 6.04 Å². The molecule has 1 aromatic heterocycles. The SMILES string of the molecule is CC(C)[C@H](NC(=O)c1ccc(Br)cc1)C(=O)NCc1cccnc1. The van der Waals surface area contributed by atoms with Crippen LogP contribution >= 0.6 is 15.9 Å². The summed E-state index contributed by atoms with van der Waals surface area (Å²) in [5, 5.41) is 5.65. The van der Waals surface area contributed by atoms with Crippen molar-refractivity contribution in [2.75, 3.05) is 0 Å². The smallest absolute Gasteiger partial charge is 0.251 e. The van der Waals surface area contributed by atoms with Crippen molar-refractivity contribution in [2.24, 2.45) is 5.92 Å². The van der Waals surface area contributed by atoms with E-state index in [4.69, 9.17) is 0 Å². The van der Waals surface area contributed by atoms with Gasteiger partial charge in [0.05, 0.1) is 0 Å². The molecule has 0 radical (unpaired) electrons. The molecular weight excluding hydrogens is 370 g/mol. The van der Waals surface area contributed by atoms with Crippen molar-refractivity contribution in [2.45, 2.75) is 26.4 Å². The summed E-state index contributed by atoms with van der Waals surface area (Å²) in [6.07, 6.45) is 3.38. The molecule has 2 N–H and O–H groups in total. The van der Waals surface area contributed by atoms with Crippen molar-refractivity contribution in [3.63, 3.8) is 0 Å². The molecule has 24 heavy (non-hydrogen) atoms. The van der Waals surface area contributed by atoms with Crippen LogP contribution in [0.2, 0.25) is 0 Å². The molecule has 0 unspecified atom stereocenters. The highest BCUT2D eigenvalue weighted by Crippen LogP contribution is 2.11. The average molecular weight is 390 g/mol. The third kappa shape index (κ3) is 5.16.